The van der Waals surface area contributed by atoms with Gasteiger partial charge in [-0.1, -0.05) is 58.2 Å². The first kappa shape index (κ1) is 37.2. The van der Waals surface area contributed by atoms with Crippen LogP contribution in [0.3, 0.4) is 0 Å². The van der Waals surface area contributed by atoms with Crippen molar-refractivity contribution in [2.24, 2.45) is 17.3 Å². The number of β-amino-alcohol motifs (C(OH)–C–C–N with tert-alkyl or cyclic N) is 1. The number of alkyl carbamates (subject to hydrolysis) is 1. The molecule has 254 valence electrons. The zero-order chi connectivity index (χ0) is 33.6. The number of thioether (sulfide) groups is 1. The number of hydrogen-bond acceptors (Lipinski definition) is 7. The number of aliphatic hydroxyl groups is 1. The number of aliphatic hydroxyl groups excluding tert-OH is 1. The van der Waals surface area contributed by atoms with Crippen molar-refractivity contribution in [3.8, 4) is 0 Å². The van der Waals surface area contributed by atoms with Gasteiger partial charge in [0.05, 0.1) is 18.2 Å². The molecule has 0 radical (unpaired) electrons. The van der Waals surface area contributed by atoms with Gasteiger partial charge in [-0.15, -0.1) is 11.8 Å². The van der Waals surface area contributed by atoms with Crippen molar-refractivity contribution in [2.45, 2.75) is 135 Å². The van der Waals surface area contributed by atoms with Crippen LogP contribution in [0.5, 0.6) is 0 Å². The third kappa shape index (κ3) is 12.1. The Balaban J connectivity index is 1.83. The highest BCUT2D eigenvalue weighted by Gasteiger charge is 2.42. The normalized spacial score (nSPS) is 23.2. The Morgan fingerprint density at radius 1 is 0.956 bits per heavy atom. The van der Waals surface area contributed by atoms with Crippen LogP contribution in [-0.2, 0) is 14.3 Å². The molecule has 6 unspecified atom stereocenters. The number of nitrogens with zero attached hydrogens (tertiary/aromatic N) is 1. The summed E-state index contributed by atoms with van der Waals surface area (Å²) in [7, 11) is 0. The minimum atomic E-state index is -0.947. The maximum absolute atomic E-state index is 13.8. The lowest BCUT2D eigenvalue weighted by molar-refractivity contribution is -0.133. The van der Waals surface area contributed by atoms with Crippen molar-refractivity contribution in [2.75, 3.05) is 18.8 Å². The summed E-state index contributed by atoms with van der Waals surface area (Å²) in [5, 5.41) is 20.8. The molecule has 1 saturated carbocycles. The first-order valence-electron chi connectivity index (χ1n) is 16.5. The number of likely N-dealkylation sites (tertiary alicyclic amines) is 1. The third-order valence-electron chi connectivity index (χ3n) is 8.48. The fraction of sp³-hybridized carbons (Fsp3) is 0.743. The smallest absolute Gasteiger partial charge is 0.408 e. The molecule has 3 rings (SSSR count). The minimum absolute atomic E-state index is 0.00710. The summed E-state index contributed by atoms with van der Waals surface area (Å²) in [5.41, 5.74) is -1.70. The second-order valence-electron chi connectivity index (χ2n) is 16.0. The maximum Gasteiger partial charge on any atom is 0.408 e. The number of nitrogens with one attached hydrogen (secondary N) is 3. The molecule has 10 heteroatoms. The van der Waals surface area contributed by atoms with Crippen LogP contribution in [0.2, 0.25) is 0 Å². The molecule has 4 N–H and O–H groups in total. The molecule has 0 spiro atoms. The minimum Gasteiger partial charge on any atom is -0.444 e. The molecule has 1 aliphatic carbocycles. The second-order valence-corrected chi connectivity index (χ2v) is 17.1. The first-order valence-corrected chi connectivity index (χ1v) is 17.5. The van der Waals surface area contributed by atoms with Gasteiger partial charge in [0, 0.05) is 29.3 Å². The summed E-state index contributed by atoms with van der Waals surface area (Å²) in [6.45, 7) is 17.9. The Hall–Kier alpha value is -2.30. The first-order chi connectivity index (χ1) is 20.8. The zero-order valence-corrected chi connectivity index (χ0v) is 29.8. The van der Waals surface area contributed by atoms with Gasteiger partial charge < -0.3 is 25.8 Å². The molecule has 2 fully saturated rings. The number of rotatable bonds is 10. The van der Waals surface area contributed by atoms with Gasteiger partial charge in [-0.3, -0.25) is 14.5 Å². The van der Waals surface area contributed by atoms with Gasteiger partial charge in [0.15, 0.2) is 0 Å². The lowest BCUT2D eigenvalue weighted by Crippen LogP contribution is -2.62. The van der Waals surface area contributed by atoms with Crippen molar-refractivity contribution in [3.05, 3.63) is 30.3 Å². The van der Waals surface area contributed by atoms with Crippen LogP contribution in [0.25, 0.3) is 0 Å². The Morgan fingerprint density at radius 3 is 2.16 bits per heavy atom. The lowest BCUT2D eigenvalue weighted by atomic mass is 9.72. The van der Waals surface area contributed by atoms with Crippen molar-refractivity contribution >= 4 is 29.7 Å². The number of benzene rings is 1. The number of carbonyl (C=O) groups excluding carboxylic acids is 3. The van der Waals surface area contributed by atoms with Gasteiger partial charge in [0.1, 0.15) is 11.6 Å². The van der Waals surface area contributed by atoms with E-state index in [4.69, 9.17) is 4.74 Å². The monoisotopic (exact) mass is 646 g/mol. The summed E-state index contributed by atoms with van der Waals surface area (Å²) < 4.78 is 5.46. The van der Waals surface area contributed by atoms with Gasteiger partial charge in [0.2, 0.25) is 11.8 Å². The molecule has 9 nitrogen and oxygen atoms in total. The summed E-state index contributed by atoms with van der Waals surface area (Å²) in [4.78, 5) is 43.3. The van der Waals surface area contributed by atoms with E-state index in [0.29, 0.717) is 17.6 Å². The Labute approximate surface area is 275 Å². The maximum atomic E-state index is 13.8. The molecule has 0 aromatic heterocycles. The highest BCUT2D eigenvalue weighted by Crippen LogP contribution is 2.39. The number of piperidine rings is 1. The van der Waals surface area contributed by atoms with E-state index in [1.807, 2.05) is 71.9 Å². The molecule has 3 amide bonds. The predicted molar refractivity (Wildman–Crippen MR) is 181 cm³/mol. The van der Waals surface area contributed by atoms with Crippen LogP contribution in [0, 0.1) is 17.3 Å². The summed E-state index contributed by atoms with van der Waals surface area (Å²) in [6, 6.07) is 7.99. The molecule has 1 saturated heterocycles. The molecule has 0 bridgehead atoms. The van der Waals surface area contributed by atoms with E-state index in [2.05, 4.69) is 20.9 Å². The molecule has 2 aliphatic rings. The number of ether oxygens (including phenoxy) is 1. The molecule has 45 heavy (non-hydrogen) atoms. The average Bonchev–Trinajstić information content (AvgIpc) is 2.91. The van der Waals surface area contributed by atoms with Gasteiger partial charge in [-0.2, -0.15) is 0 Å². The molecule has 1 aromatic rings. The van der Waals surface area contributed by atoms with Gasteiger partial charge >= 0.3 is 6.09 Å². The number of carbonyl (C=O) groups is 3. The van der Waals surface area contributed by atoms with Gasteiger partial charge in [-0.25, -0.2) is 4.79 Å². The highest BCUT2D eigenvalue weighted by molar-refractivity contribution is 7.99. The summed E-state index contributed by atoms with van der Waals surface area (Å²) >= 11 is 1.55. The van der Waals surface area contributed by atoms with Crippen LogP contribution in [0.15, 0.2) is 35.2 Å². The van der Waals surface area contributed by atoms with E-state index < -0.39 is 35.3 Å². The SMILES string of the molecule is CC(C)(C)NC(=O)C1CC2CCCCC2CN1CC(O)C(CSc1ccccc1)NC(=O)C(NC(=O)OC(C)(C)C)C(C)(C)C. The summed E-state index contributed by atoms with van der Waals surface area (Å²) in [5.74, 6) is 1.03. The van der Waals surface area contributed by atoms with Crippen molar-refractivity contribution in [1.82, 2.24) is 20.9 Å². The Kier molecular flexibility index (Phi) is 12.8. The number of fused-ring (bicyclic) bond motifs is 1. The largest absolute Gasteiger partial charge is 0.444 e. The van der Waals surface area contributed by atoms with E-state index >= 15 is 0 Å². The van der Waals surface area contributed by atoms with E-state index in [9.17, 15) is 19.5 Å². The highest BCUT2D eigenvalue weighted by atomic mass is 32.2. The van der Waals surface area contributed by atoms with E-state index in [0.717, 1.165) is 30.7 Å². The fourth-order valence-corrected chi connectivity index (χ4v) is 7.34. The molecular weight excluding hydrogens is 588 g/mol. The topological polar surface area (TPSA) is 120 Å². The quantitative estimate of drug-likeness (QED) is 0.253. The zero-order valence-electron chi connectivity index (χ0n) is 28.9. The van der Waals surface area contributed by atoms with Crippen LogP contribution < -0.4 is 16.0 Å². The van der Waals surface area contributed by atoms with Crippen LogP contribution in [-0.4, -0.2) is 82.1 Å². The fourth-order valence-electron chi connectivity index (χ4n) is 6.31. The van der Waals surface area contributed by atoms with E-state index in [1.54, 1.807) is 32.5 Å². The third-order valence-corrected chi connectivity index (χ3v) is 9.61. The average molecular weight is 647 g/mol. The molecular formula is C35H58N4O5S. The lowest BCUT2D eigenvalue weighted by Gasteiger charge is -2.47. The standard InChI is InChI=1S/C35H58N4O5S/c1-33(2,3)29(37-32(43)44-35(7,8)9)31(42)36-26(22-45-25-17-11-10-12-18-25)28(40)21-39-20-24-16-14-13-15-23(24)19-27(39)30(41)38-34(4,5)6/h10-12,17-18,23-24,26-29,40H,13-16,19-22H2,1-9H3,(H,36,42)(H,37,43)(H,38,41). The Bertz CT molecular complexity index is 1130. The molecule has 1 aromatic carbocycles. The van der Waals surface area contributed by atoms with Crippen LogP contribution in [0.4, 0.5) is 4.79 Å². The van der Waals surface area contributed by atoms with Crippen LogP contribution in [0.1, 0.15) is 94.4 Å². The van der Waals surface area contributed by atoms with E-state index in [-0.39, 0.29) is 29.9 Å². The summed E-state index contributed by atoms with van der Waals surface area (Å²) in [6.07, 6.45) is 3.84. The van der Waals surface area contributed by atoms with Crippen molar-refractivity contribution in [3.63, 3.8) is 0 Å². The Morgan fingerprint density at radius 2 is 1.58 bits per heavy atom. The molecule has 1 heterocycles. The molecule has 6 atom stereocenters. The molecule has 1 aliphatic heterocycles. The number of amides is 3. The van der Waals surface area contributed by atoms with Crippen molar-refractivity contribution < 1.29 is 24.2 Å². The number of hydrogen-bond donors (Lipinski definition) is 4. The van der Waals surface area contributed by atoms with E-state index in [1.165, 1.54) is 12.8 Å². The van der Waals surface area contributed by atoms with Gasteiger partial charge in [-0.05, 0) is 83.8 Å². The second kappa shape index (κ2) is 15.5. The van der Waals surface area contributed by atoms with Gasteiger partial charge in [0.25, 0.3) is 0 Å². The van der Waals surface area contributed by atoms with Crippen LogP contribution >= 0.6 is 11.8 Å². The predicted octanol–water partition coefficient (Wildman–Crippen LogP) is 5.36. The van der Waals surface area contributed by atoms with Crippen molar-refractivity contribution in [1.29, 1.82) is 0 Å².